The van der Waals surface area contributed by atoms with Crippen molar-refractivity contribution in [1.29, 1.82) is 0 Å². The van der Waals surface area contributed by atoms with E-state index in [2.05, 4.69) is 17.3 Å². The van der Waals surface area contributed by atoms with Gasteiger partial charge in [-0.25, -0.2) is 0 Å². The summed E-state index contributed by atoms with van der Waals surface area (Å²) in [7, 11) is 2.09. The number of amides is 1. The van der Waals surface area contributed by atoms with Crippen LogP contribution in [0.4, 0.5) is 0 Å². The average Bonchev–Trinajstić information content (AvgIpc) is 2.65. The van der Waals surface area contributed by atoms with E-state index >= 15 is 0 Å². The Bertz CT molecular complexity index is 207. The molecule has 4 heteroatoms. The molecule has 2 fully saturated rings. The van der Waals surface area contributed by atoms with Gasteiger partial charge in [0.05, 0.1) is 5.92 Å². The van der Waals surface area contributed by atoms with Gasteiger partial charge in [0, 0.05) is 32.7 Å². The Hall–Kier alpha value is -0.610. The van der Waals surface area contributed by atoms with Crippen LogP contribution in [0.1, 0.15) is 6.42 Å². The first-order valence-electron chi connectivity index (χ1n) is 5.45. The molecule has 1 atom stereocenters. The number of hydrogen-bond acceptors (Lipinski definition) is 3. The summed E-state index contributed by atoms with van der Waals surface area (Å²) in [5.41, 5.74) is 0. The number of piperazine rings is 1. The monoisotopic (exact) mass is 197 g/mol. The Morgan fingerprint density at radius 3 is 2.57 bits per heavy atom. The highest BCUT2D eigenvalue weighted by molar-refractivity contribution is 5.79. The van der Waals surface area contributed by atoms with Crippen LogP contribution in [0.5, 0.6) is 0 Å². The van der Waals surface area contributed by atoms with Gasteiger partial charge in [0.25, 0.3) is 0 Å². The third kappa shape index (κ3) is 2.07. The highest BCUT2D eigenvalue weighted by Gasteiger charge is 2.30. The van der Waals surface area contributed by atoms with Crippen molar-refractivity contribution >= 4 is 5.91 Å². The molecule has 2 saturated heterocycles. The molecule has 4 nitrogen and oxygen atoms in total. The summed E-state index contributed by atoms with van der Waals surface area (Å²) in [5.74, 6) is 0.633. The summed E-state index contributed by atoms with van der Waals surface area (Å²) in [6.07, 6.45) is 1.04. The SMILES string of the molecule is CN1CC[C@H](C(=O)N2CCNCC2)C1. The summed E-state index contributed by atoms with van der Waals surface area (Å²) in [4.78, 5) is 16.3. The van der Waals surface area contributed by atoms with Crippen molar-refractivity contribution in [3.05, 3.63) is 0 Å². The maximum atomic E-state index is 12.0. The molecule has 2 heterocycles. The van der Waals surface area contributed by atoms with E-state index in [1.807, 2.05) is 4.90 Å². The van der Waals surface area contributed by atoms with E-state index < -0.39 is 0 Å². The van der Waals surface area contributed by atoms with Crippen molar-refractivity contribution in [3.8, 4) is 0 Å². The van der Waals surface area contributed by atoms with Crippen molar-refractivity contribution in [3.63, 3.8) is 0 Å². The van der Waals surface area contributed by atoms with E-state index in [0.29, 0.717) is 5.91 Å². The molecule has 14 heavy (non-hydrogen) atoms. The lowest BCUT2D eigenvalue weighted by molar-refractivity contribution is -0.135. The van der Waals surface area contributed by atoms with Crippen LogP contribution >= 0.6 is 0 Å². The van der Waals surface area contributed by atoms with Crippen molar-refractivity contribution < 1.29 is 4.79 Å². The molecular formula is C10H19N3O. The Morgan fingerprint density at radius 1 is 1.29 bits per heavy atom. The van der Waals surface area contributed by atoms with Crippen LogP contribution < -0.4 is 5.32 Å². The summed E-state index contributed by atoms with van der Waals surface area (Å²) >= 11 is 0. The first-order valence-corrected chi connectivity index (χ1v) is 5.45. The zero-order valence-corrected chi connectivity index (χ0v) is 8.83. The van der Waals surface area contributed by atoms with Crippen LogP contribution in [0, 0.1) is 5.92 Å². The van der Waals surface area contributed by atoms with E-state index in [-0.39, 0.29) is 5.92 Å². The molecule has 0 unspecified atom stereocenters. The van der Waals surface area contributed by atoms with Crippen molar-refractivity contribution in [2.24, 2.45) is 5.92 Å². The molecule has 0 aromatic carbocycles. The zero-order chi connectivity index (χ0) is 9.97. The third-order valence-corrected chi connectivity index (χ3v) is 3.17. The predicted octanol–water partition coefficient (Wildman–Crippen LogP) is -0.630. The molecule has 2 aliphatic heterocycles. The molecule has 80 valence electrons. The number of hydrogen-bond donors (Lipinski definition) is 1. The van der Waals surface area contributed by atoms with Crippen molar-refractivity contribution in [1.82, 2.24) is 15.1 Å². The van der Waals surface area contributed by atoms with Gasteiger partial charge in [-0.15, -0.1) is 0 Å². The normalized spacial score (nSPS) is 29.5. The zero-order valence-electron chi connectivity index (χ0n) is 8.83. The molecule has 0 radical (unpaired) electrons. The standard InChI is InChI=1S/C10H19N3O/c1-12-5-2-9(8-12)10(14)13-6-3-11-4-7-13/h9,11H,2-8H2,1H3/t9-/m0/s1. The lowest BCUT2D eigenvalue weighted by Gasteiger charge is -2.29. The molecule has 1 N–H and O–H groups in total. The Kier molecular flexibility index (Phi) is 3.03. The number of carbonyl (C=O) groups is 1. The second kappa shape index (κ2) is 4.28. The molecule has 0 aromatic rings. The minimum atomic E-state index is 0.262. The second-order valence-corrected chi connectivity index (χ2v) is 4.32. The second-order valence-electron chi connectivity index (χ2n) is 4.32. The van der Waals surface area contributed by atoms with Crippen LogP contribution in [0.2, 0.25) is 0 Å². The van der Waals surface area contributed by atoms with Gasteiger partial charge < -0.3 is 15.1 Å². The number of nitrogens with zero attached hydrogens (tertiary/aromatic N) is 2. The fourth-order valence-corrected chi connectivity index (χ4v) is 2.28. The van der Waals surface area contributed by atoms with E-state index in [0.717, 1.165) is 45.7 Å². The third-order valence-electron chi connectivity index (χ3n) is 3.17. The van der Waals surface area contributed by atoms with Crippen LogP contribution in [0.3, 0.4) is 0 Å². The molecule has 0 spiro atoms. The Balaban J connectivity index is 1.87. The van der Waals surface area contributed by atoms with E-state index in [9.17, 15) is 4.79 Å². The van der Waals surface area contributed by atoms with Crippen molar-refractivity contribution in [2.75, 3.05) is 46.3 Å². The van der Waals surface area contributed by atoms with E-state index in [1.165, 1.54) is 0 Å². The van der Waals surface area contributed by atoms with Crippen LogP contribution in [0.15, 0.2) is 0 Å². The highest BCUT2D eigenvalue weighted by Crippen LogP contribution is 2.17. The molecule has 0 bridgehead atoms. The van der Waals surface area contributed by atoms with Gasteiger partial charge in [-0.1, -0.05) is 0 Å². The smallest absolute Gasteiger partial charge is 0.227 e. The lowest BCUT2D eigenvalue weighted by Crippen LogP contribution is -2.48. The number of likely N-dealkylation sites (tertiary alicyclic amines) is 1. The van der Waals surface area contributed by atoms with Gasteiger partial charge >= 0.3 is 0 Å². The Labute approximate surface area is 85.2 Å². The van der Waals surface area contributed by atoms with Gasteiger partial charge in [-0.2, -0.15) is 0 Å². The number of nitrogens with one attached hydrogen (secondary N) is 1. The van der Waals surface area contributed by atoms with Crippen molar-refractivity contribution in [2.45, 2.75) is 6.42 Å². The largest absolute Gasteiger partial charge is 0.340 e. The Morgan fingerprint density at radius 2 is 2.00 bits per heavy atom. The van der Waals surface area contributed by atoms with Gasteiger partial charge in [0.2, 0.25) is 5.91 Å². The first-order chi connectivity index (χ1) is 6.77. The molecule has 1 amide bonds. The van der Waals surface area contributed by atoms with Crippen LogP contribution in [-0.2, 0) is 4.79 Å². The van der Waals surface area contributed by atoms with Crippen LogP contribution in [0.25, 0.3) is 0 Å². The molecule has 0 aromatic heterocycles. The molecule has 0 saturated carbocycles. The maximum absolute atomic E-state index is 12.0. The first kappa shape index (κ1) is 9.93. The van der Waals surface area contributed by atoms with Gasteiger partial charge in [-0.05, 0) is 20.0 Å². The minimum Gasteiger partial charge on any atom is -0.340 e. The summed E-state index contributed by atoms with van der Waals surface area (Å²) in [6, 6.07) is 0. The average molecular weight is 197 g/mol. The molecule has 2 aliphatic rings. The summed E-state index contributed by atoms with van der Waals surface area (Å²) in [6.45, 7) is 5.70. The quantitative estimate of drug-likeness (QED) is 0.608. The molecule has 0 aliphatic carbocycles. The minimum absolute atomic E-state index is 0.262. The van der Waals surface area contributed by atoms with Gasteiger partial charge in [-0.3, -0.25) is 4.79 Å². The highest BCUT2D eigenvalue weighted by atomic mass is 16.2. The number of carbonyl (C=O) groups excluding carboxylic acids is 1. The fraction of sp³-hybridized carbons (Fsp3) is 0.900. The summed E-state index contributed by atoms with van der Waals surface area (Å²) < 4.78 is 0. The molecule has 2 rings (SSSR count). The van der Waals surface area contributed by atoms with Gasteiger partial charge in [0.15, 0.2) is 0 Å². The summed E-state index contributed by atoms with van der Waals surface area (Å²) in [5, 5.41) is 3.26. The van der Waals surface area contributed by atoms with Gasteiger partial charge in [0.1, 0.15) is 0 Å². The lowest BCUT2D eigenvalue weighted by atomic mass is 10.1. The maximum Gasteiger partial charge on any atom is 0.227 e. The van der Waals surface area contributed by atoms with Crippen LogP contribution in [-0.4, -0.2) is 62.0 Å². The topological polar surface area (TPSA) is 35.6 Å². The number of rotatable bonds is 1. The van der Waals surface area contributed by atoms with E-state index in [1.54, 1.807) is 0 Å². The van der Waals surface area contributed by atoms with E-state index in [4.69, 9.17) is 0 Å². The predicted molar refractivity (Wildman–Crippen MR) is 55.1 cm³/mol. The molecular weight excluding hydrogens is 178 g/mol. The fourth-order valence-electron chi connectivity index (χ4n) is 2.28.